The van der Waals surface area contributed by atoms with Gasteiger partial charge in [0.15, 0.2) is 5.69 Å². The molecule has 0 bridgehead atoms. The molecule has 0 aliphatic rings. The number of rotatable bonds is 5. The molecule has 1 heterocycles. The van der Waals surface area contributed by atoms with E-state index in [1.54, 1.807) is 43.3 Å². The molecule has 2 aromatic carbocycles. The number of nitrogens with one attached hydrogen (secondary N) is 1. The average Bonchev–Trinajstić information content (AvgIpc) is 2.98. The fraction of sp³-hybridized carbons (Fsp3) is 0.167. The standard InChI is InChI=1S/C18H17FN4O2/c1-3-25-16-9-7-14(8-10-16)20-18(24)17-12(2)23(22-21-17)15-6-4-5-13(19)11-15/h4-11H,3H2,1-2H3,(H,20,24). The fourth-order valence-corrected chi connectivity index (χ4v) is 2.38. The maximum absolute atomic E-state index is 13.4. The molecule has 6 nitrogen and oxygen atoms in total. The summed E-state index contributed by atoms with van der Waals surface area (Å²) in [5.74, 6) is -0.0363. The van der Waals surface area contributed by atoms with Crippen molar-refractivity contribution in [3.05, 3.63) is 65.7 Å². The van der Waals surface area contributed by atoms with Crippen LogP contribution in [0, 0.1) is 12.7 Å². The Labute approximate surface area is 144 Å². The van der Waals surface area contributed by atoms with E-state index in [0.717, 1.165) is 5.75 Å². The third kappa shape index (κ3) is 3.65. The van der Waals surface area contributed by atoms with Crippen LogP contribution >= 0.6 is 0 Å². The van der Waals surface area contributed by atoms with Crippen molar-refractivity contribution in [3.63, 3.8) is 0 Å². The van der Waals surface area contributed by atoms with Gasteiger partial charge in [0.25, 0.3) is 5.91 Å². The molecule has 1 amide bonds. The van der Waals surface area contributed by atoms with Gasteiger partial charge in [-0.3, -0.25) is 4.79 Å². The maximum Gasteiger partial charge on any atom is 0.278 e. The summed E-state index contributed by atoms with van der Waals surface area (Å²) in [4.78, 5) is 12.4. The number of halogens is 1. The molecule has 0 spiro atoms. The van der Waals surface area contributed by atoms with Crippen molar-refractivity contribution in [2.45, 2.75) is 13.8 Å². The van der Waals surface area contributed by atoms with Gasteiger partial charge in [-0.2, -0.15) is 0 Å². The number of amides is 1. The molecule has 0 atom stereocenters. The Morgan fingerprint density at radius 3 is 2.68 bits per heavy atom. The highest BCUT2D eigenvalue weighted by Gasteiger charge is 2.17. The number of nitrogens with zero attached hydrogens (tertiary/aromatic N) is 3. The lowest BCUT2D eigenvalue weighted by Gasteiger charge is -2.07. The van der Waals surface area contributed by atoms with E-state index in [9.17, 15) is 9.18 Å². The quantitative estimate of drug-likeness (QED) is 0.773. The minimum atomic E-state index is -0.385. The summed E-state index contributed by atoms with van der Waals surface area (Å²) in [5, 5.41) is 10.6. The second kappa shape index (κ2) is 7.12. The summed E-state index contributed by atoms with van der Waals surface area (Å²) in [7, 11) is 0. The van der Waals surface area contributed by atoms with Crippen LogP contribution in [-0.2, 0) is 0 Å². The van der Waals surface area contributed by atoms with Crippen LogP contribution in [0.25, 0.3) is 5.69 Å². The molecule has 0 aliphatic carbocycles. The number of anilines is 1. The number of carbonyl (C=O) groups excluding carboxylic acids is 1. The molecule has 128 valence electrons. The van der Waals surface area contributed by atoms with Crippen LogP contribution in [0.2, 0.25) is 0 Å². The van der Waals surface area contributed by atoms with Gasteiger partial charge in [-0.15, -0.1) is 5.10 Å². The predicted molar refractivity (Wildman–Crippen MR) is 91.6 cm³/mol. The van der Waals surface area contributed by atoms with Gasteiger partial charge in [0, 0.05) is 5.69 Å². The van der Waals surface area contributed by atoms with E-state index in [4.69, 9.17) is 4.74 Å². The fourth-order valence-electron chi connectivity index (χ4n) is 2.38. The Hall–Kier alpha value is -3.22. The largest absolute Gasteiger partial charge is 0.494 e. The van der Waals surface area contributed by atoms with Crippen molar-refractivity contribution < 1.29 is 13.9 Å². The Bertz CT molecular complexity index is 890. The van der Waals surface area contributed by atoms with Crippen LogP contribution in [0.15, 0.2) is 48.5 Å². The Morgan fingerprint density at radius 1 is 1.24 bits per heavy atom. The minimum Gasteiger partial charge on any atom is -0.494 e. The van der Waals surface area contributed by atoms with E-state index in [2.05, 4.69) is 15.6 Å². The molecule has 25 heavy (non-hydrogen) atoms. The summed E-state index contributed by atoms with van der Waals surface area (Å²) < 4.78 is 20.2. The van der Waals surface area contributed by atoms with Crippen LogP contribution in [0.5, 0.6) is 5.75 Å². The second-order valence-corrected chi connectivity index (χ2v) is 5.33. The third-order valence-electron chi connectivity index (χ3n) is 3.59. The zero-order valence-electron chi connectivity index (χ0n) is 13.9. The molecule has 1 aromatic heterocycles. The van der Waals surface area contributed by atoms with Crippen molar-refractivity contribution in [1.82, 2.24) is 15.0 Å². The second-order valence-electron chi connectivity index (χ2n) is 5.33. The minimum absolute atomic E-state index is 0.179. The average molecular weight is 340 g/mol. The van der Waals surface area contributed by atoms with Crippen LogP contribution in [-0.4, -0.2) is 27.5 Å². The number of hydrogen-bond donors (Lipinski definition) is 1. The summed E-state index contributed by atoms with van der Waals surface area (Å²) >= 11 is 0. The molecule has 1 N–H and O–H groups in total. The smallest absolute Gasteiger partial charge is 0.278 e. The Morgan fingerprint density at radius 2 is 2.00 bits per heavy atom. The molecule has 0 fully saturated rings. The van der Waals surface area contributed by atoms with Crippen molar-refractivity contribution in [1.29, 1.82) is 0 Å². The molecule has 0 unspecified atom stereocenters. The maximum atomic E-state index is 13.4. The number of aromatic nitrogens is 3. The molecule has 0 radical (unpaired) electrons. The molecule has 0 saturated carbocycles. The molecule has 7 heteroatoms. The molecule has 0 aliphatic heterocycles. The first-order valence-electron chi connectivity index (χ1n) is 7.81. The van der Waals surface area contributed by atoms with Crippen molar-refractivity contribution >= 4 is 11.6 Å². The van der Waals surface area contributed by atoms with Gasteiger partial charge < -0.3 is 10.1 Å². The van der Waals surface area contributed by atoms with Gasteiger partial charge in [-0.1, -0.05) is 11.3 Å². The van der Waals surface area contributed by atoms with Gasteiger partial charge >= 0.3 is 0 Å². The van der Waals surface area contributed by atoms with Crippen LogP contribution in [0.4, 0.5) is 10.1 Å². The summed E-state index contributed by atoms with van der Waals surface area (Å²) in [6, 6.07) is 13.0. The number of hydrogen-bond acceptors (Lipinski definition) is 4. The first-order valence-corrected chi connectivity index (χ1v) is 7.81. The van der Waals surface area contributed by atoms with Gasteiger partial charge in [0.2, 0.25) is 0 Å². The topological polar surface area (TPSA) is 69.0 Å². The summed E-state index contributed by atoms with van der Waals surface area (Å²) in [5.41, 5.74) is 1.82. The molecule has 0 saturated heterocycles. The van der Waals surface area contributed by atoms with Gasteiger partial charge in [0.1, 0.15) is 11.6 Å². The van der Waals surface area contributed by atoms with E-state index in [-0.39, 0.29) is 17.4 Å². The first-order chi connectivity index (χ1) is 12.1. The van der Waals surface area contributed by atoms with Crippen LogP contribution in [0.1, 0.15) is 23.1 Å². The van der Waals surface area contributed by atoms with Crippen LogP contribution < -0.4 is 10.1 Å². The monoisotopic (exact) mass is 340 g/mol. The highest BCUT2D eigenvalue weighted by atomic mass is 19.1. The highest BCUT2D eigenvalue weighted by Crippen LogP contribution is 2.18. The van der Waals surface area contributed by atoms with Crippen molar-refractivity contribution in [3.8, 4) is 11.4 Å². The van der Waals surface area contributed by atoms with Gasteiger partial charge in [0.05, 0.1) is 18.0 Å². The molecular formula is C18H17FN4O2. The molecular weight excluding hydrogens is 323 g/mol. The van der Waals surface area contributed by atoms with E-state index in [1.807, 2.05) is 6.92 Å². The highest BCUT2D eigenvalue weighted by molar-refractivity contribution is 6.03. The van der Waals surface area contributed by atoms with E-state index in [1.165, 1.54) is 16.8 Å². The SMILES string of the molecule is CCOc1ccc(NC(=O)c2nnn(-c3cccc(F)c3)c2C)cc1. The Kier molecular flexibility index (Phi) is 4.74. The summed E-state index contributed by atoms with van der Waals surface area (Å²) in [6.07, 6.45) is 0. The number of carbonyl (C=O) groups is 1. The van der Waals surface area contributed by atoms with Gasteiger partial charge in [-0.05, 0) is 56.3 Å². The van der Waals surface area contributed by atoms with Gasteiger partial charge in [-0.25, -0.2) is 9.07 Å². The van der Waals surface area contributed by atoms with E-state index < -0.39 is 0 Å². The van der Waals surface area contributed by atoms with E-state index >= 15 is 0 Å². The lowest BCUT2D eigenvalue weighted by atomic mass is 10.2. The number of benzene rings is 2. The normalized spacial score (nSPS) is 10.5. The van der Waals surface area contributed by atoms with Crippen molar-refractivity contribution in [2.24, 2.45) is 0 Å². The molecule has 3 rings (SSSR count). The zero-order valence-corrected chi connectivity index (χ0v) is 13.9. The third-order valence-corrected chi connectivity index (χ3v) is 3.59. The van der Waals surface area contributed by atoms with Crippen LogP contribution in [0.3, 0.4) is 0 Å². The lowest BCUT2D eigenvalue weighted by molar-refractivity contribution is 0.102. The van der Waals surface area contributed by atoms with Crippen molar-refractivity contribution in [2.75, 3.05) is 11.9 Å². The first kappa shape index (κ1) is 16.6. The predicted octanol–water partition coefficient (Wildman–Crippen LogP) is 3.37. The summed E-state index contributed by atoms with van der Waals surface area (Å²) in [6.45, 7) is 4.19. The zero-order chi connectivity index (χ0) is 17.8. The number of ether oxygens (including phenoxy) is 1. The Balaban J connectivity index is 1.79. The molecule has 3 aromatic rings. The lowest BCUT2D eigenvalue weighted by Crippen LogP contribution is -2.14. The van der Waals surface area contributed by atoms with E-state index in [0.29, 0.717) is 23.7 Å².